The number of halogens is 2. The fourth-order valence-corrected chi connectivity index (χ4v) is 6.86. The molecule has 0 bridgehead atoms. The third-order valence-electron chi connectivity index (χ3n) is 7.57. The monoisotopic (exact) mass is 709 g/mol. The van der Waals surface area contributed by atoms with Crippen LogP contribution in [0.25, 0.3) is 0 Å². The molecule has 4 aromatic carbocycles. The van der Waals surface area contributed by atoms with Gasteiger partial charge in [0.2, 0.25) is 11.8 Å². The summed E-state index contributed by atoms with van der Waals surface area (Å²) < 4.78 is 30.1. The molecule has 0 fully saturated rings. The molecule has 2 atom stereocenters. The van der Waals surface area contributed by atoms with Crippen molar-refractivity contribution in [3.8, 4) is 0 Å². The number of carbonyl (C=O) groups is 2. The van der Waals surface area contributed by atoms with E-state index in [0.29, 0.717) is 11.4 Å². The number of nitrogens with one attached hydrogen (secondary N) is 1. The predicted octanol–water partition coefficient (Wildman–Crippen LogP) is 7.16. The Balaban J connectivity index is 1.82. The lowest BCUT2D eigenvalue weighted by Crippen LogP contribution is -2.54. The van der Waals surface area contributed by atoms with Crippen LogP contribution in [0.3, 0.4) is 0 Å². The van der Waals surface area contributed by atoms with Crippen LogP contribution in [0.1, 0.15) is 37.0 Å². The molecule has 10 heteroatoms. The lowest BCUT2D eigenvalue weighted by molar-refractivity contribution is -0.140. The summed E-state index contributed by atoms with van der Waals surface area (Å²) in [4.78, 5) is 30.0. The molecule has 0 radical (unpaired) electrons. The van der Waals surface area contributed by atoms with Crippen molar-refractivity contribution >= 4 is 55.1 Å². The summed E-state index contributed by atoms with van der Waals surface area (Å²) in [6.07, 6.45) is 0.950. The number of sulfonamides is 1. The van der Waals surface area contributed by atoms with Gasteiger partial charge in [0.15, 0.2) is 0 Å². The van der Waals surface area contributed by atoms with Gasteiger partial charge < -0.3 is 10.2 Å². The maximum absolute atomic E-state index is 14.5. The lowest BCUT2D eigenvalue weighted by atomic mass is 10.0. The van der Waals surface area contributed by atoms with Crippen LogP contribution in [0.2, 0.25) is 5.02 Å². The zero-order valence-corrected chi connectivity index (χ0v) is 28.6. The number of anilines is 1. The number of aryl methyl sites for hydroxylation is 1. The summed E-state index contributed by atoms with van der Waals surface area (Å²) in [6.45, 7) is 5.23. The normalized spacial score (nSPS) is 12.6. The number of benzene rings is 4. The van der Waals surface area contributed by atoms with E-state index in [0.717, 1.165) is 25.5 Å². The molecule has 0 heterocycles. The minimum absolute atomic E-state index is 0.0309. The van der Waals surface area contributed by atoms with Crippen LogP contribution in [0.4, 0.5) is 5.69 Å². The standard InChI is InChI=1S/C35H37BrClN3O4S/c1-4-26(3)38-35(42)33(21-27-12-7-5-8-13-27)39(23-28-14-11-15-29(36)20-28)34(41)24-40(30-19-18-25(2)32(37)22-30)45(43,44)31-16-9-6-10-17-31/h5-20,22,26,33H,4,21,23-24H2,1-3H3,(H,38,42). The highest BCUT2D eigenvalue weighted by atomic mass is 79.9. The largest absolute Gasteiger partial charge is 0.352 e. The topological polar surface area (TPSA) is 86.8 Å². The second kappa shape index (κ2) is 15.6. The summed E-state index contributed by atoms with van der Waals surface area (Å²) in [5.41, 5.74) is 2.66. The Kier molecular flexibility index (Phi) is 11.8. The van der Waals surface area contributed by atoms with Crippen molar-refractivity contribution in [1.29, 1.82) is 0 Å². The second-order valence-electron chi connectivity index (χ2n) is 10.9. The minimum atomic E-state index is -4.20. The Morgan fingerprint density at radius 1 is 0.889 bits per heavy atom. The number of hydrogen-bond acceptors (Lipinski definition) is 4. The Morgan fingerprint density at radius 3 is 2.16 bits per heavy atom. The molecule has 0 aliphatic heterocycles. The Hall–Kier alpha value is -3.66. The molecule has 2 unspecified atom stereocenters. The average Bonchev–Trinajstić information content (AvgIpc) is 3.03. The first-order chi connectivity index (χ1) is 21.5. The van der Waals surface area contributed by atoms with Gasteiger partial charge in [0, 0.05) is 28.5 Å². The number of amides is 2. The SMILES string of the molecule is CCC(C)NC(=O)C(Cc1ccccc1)N(Cc1cccc(Br)c1)C(=O)CN(c1ccc(C)c(Cl)c1)S(=O)(=O)c1ccccc1. The first-order valence-corrected chi connectivity index (χ1v) is 17.3. The molecule has 7 nitrogen and oxygen atoms in total. The molecule has 236 valence electrons. The highest BCUT2D eigenvalue weighted by Gasteiger charge is 2.35. The predicted molar refractivity (Wildman–Crippen MR) is 184 cm³/mol. The first kappa shape index (κ1) is 34.2. The Labute approximate surface area is 279 Å². The third-order valence-corrected chi connectivity index (χ3v) is 10.3. The molecule has 4 aromatic rings. The van der Waals surface area contributed by atoms with Gasteiger partial charge in [0.25, 0.3) is 10.0 Å². The molecular formula is C35H37BrClN3O4S. The van der Waals surface area contributed by atoms with Gasteiger partial charge in [-0.25, -0.2) is 8.42 Å². The smallest absolute Gasteiger partial charge is 0.264 e. The summed E-state index contributed by atoms with van der Waals surface area (Å²) in [6, 6.07) is 28.8. The van der Waals surface area contributed by atoms with Crippen molar-refractivity contribution < 1.29 is 18.0 Å². The van der Waals surface area contributed by atoms with E-state index in [1.165, 1.54) is 17.0 Å². The van der Waals surface area contributed by atoms with Gasteiger partial charge in [0.05, 0.1) is 10.6 Å². The lowest BCUT2D eigenvalue weighted by Gasteiger charge is -2.34. The minimum Gasteiger partial charge on any atom is -0.352 e. The summed E-state index contributed by atoms with van der Waals surface area (Å²) in [5, 5.41) is 3.42. The van der Waals surface area contributed by atoms with Crippen molar-refractivity contribution in [2.75, 3.05) is 10.8 Å². The van der Waals surface area contributed by atoms with E-state index in [4.69, 9.17) is 11.6 Å². The summed E-state index contributed by atoms with van der Waals surface area (Å²) in [7, 11) is -4.20. The maximum atomic E-state index is 14.5. The van der Waals surface area contributed by atoms with Crippen LogP contribution in [-0.4, -0.2) is 43.8 Å². The van der Waals surface area contributed by atoms with E-state index in [2.05, 4.69) is 21.2 Å². The van der Waals surface area contributed by atoms with Gasteiger partial charge in [-0.1, -0.05) is 101 Å². The zero-order valence-electron chi connectivity index (χ0n) is 25.5. The quantitative estimate of drug-likeness (QED) is 0.160. The summed E-state index contributed by atoms with van der Waals surface area (Å²) in [5.74, 6) is -0.848. The van der Waals surface area contributed by atoms with Gasteiger partial charge in [-0.3, -0.25) is 13.9 Å². The highest BCUT2D eigenvalue weighted by Crippen LogP contribution is 2.29. The van der Waals surface area contributed by atoms with E-state index in [1.807, 2.05) is 75.4 Å². The van der Waals surface area contributed by atoms with Crippen LogP contribution in [0.5, 0.6) is 0 Å². The van der Waals surface area contributed by atoms with Crippen molar-refractivity contribution in [3.05, 3.63) is 129 Å². The fraction of sp³-hybridized carbons (Fsp3) is 0.257. The molecule has 0 aliphatic rings. The van der Waals surface area contributed by atoms with E-state index in [9.17, 15) is 18.0 Å². The van der Waals surface area contributed by atoms with E-state index >= 15 is 0 Å². The molecule has 0 saturated carbocycles. The van der Waals surface area contributed by atoms with Crippen molar-refractivity contribution in [2.45, 2.75) is 57.1 Å². The number of rotatable bonds is 13. The van der Waals surface area contributed by atoms with Gasteiger partial charge in [0.1, 0.15) is 12.6 Å². The zero-order chi connectivity index (χ0) is 32.6. The van der Waals surface area contributed by atoms with Crippen molar-refractivity contribution in [3.63, 3.8) is 0 Å². The van der Waals surface area contributed by atoms with Crippen LogP contribution < -0.4 is 9.62 Å². The van der Waals surface area contributed by atoms with Gasteiger partial charge in [-0.05, 0) is 73.4 Å². The molecule has 4 rings (SSSR count). The molecule has 2 amide bonds. The molecule has 1 N–H and O–H groups in total. The first-order valence-electron chi connectivity index (χ1n) is 14.7. The van der Waals surface area contributed by atoms with Gasteiger partial charge in [-0.15, -0.1) is 0 Å². The summed E-state index contributed by atoms with van der Waals surface area (Å²) >= 11 is 9.95. The molecule has 0 spiro atoms. The Morgan fingerprint density at radius 2 is 1.53 bits per heavy atom. The molecule has 45 heavy (non-hydrogen) atoms. The van der Waals surface area contributed by atoms with Crippen LogP contribution in [0.15, 0.2) is 112 Å². The fourth-order valence-electron chi connectivity index (χ4n) is 4.81. The van der Waals surface area contributed by atoms with E-state index in [-0.39, 0.29) is 35.5 Å². The van der Waals surface area contributed by atoms with Crippen LogP contribution in [0, 0.1) is 6.92 Å². The third kappa shape index (κ3) is 8.96. The van der Waals surface area contributed by atoms with E-state index < -0.39 is 28.5 Å². The average molecular weight is 711 g/mol. The highest BCUT2D eigenvalue weighted by molar-refractivity contribution is 9.10. The molecular weight excluding hydrogens is 674 g/mol. The van der Waals surface area contributed by atoms with Gasteiger partial charge in [-0.2, -0.15) is 0 Å². The second-order valence-corrected chi connectivity index (χ2v) is 14.1. The maximum Gasteiger partial charge on any atom is 0.264 e. The Bertz CT molecular complexity index is 1720. The molecule has 0 saturated heterocycles. The number of carbonyl (C=O) groups excluding carboxylic acids is 2. The number of hydrogen-bond donors (Lipinski definition) is 1. The van der Waals surface area contributed by atoms with Crippen molar-refractivity contribution in [1.82, 2.24) is 10.2 Å². The molecule has 0 aromatic heterocycles. The molecule has 0 aliphatic carbocycles. The van der Waals surface area contributed by atoms with Crippen LogP contribution >= 0.6 is 27.5 Å². The van der Waals surface area contributed by atoms with Crippen LogP contribution in [-0.2, 0) is 32.6 Å². The van der Waals surface area contributed by atoms with Crippen molar-refractivity contribution in [2.24, 2.45) is 0 Å². The van der Waals surface area contributed by atoms with Gasteiger partial charge >= 0.3 is 0 Å². The van der Waals surface area contributed by atoms with E-state index in [1.54, 1.807) is 36.4 Å². The number of nitrogens with zero attached hydrogens (tertiary/aromatic N) is 2.